The van der Waals surface area contributed by atoms with Crippen molar-refractivity contribution in [3.63, 3.8) is 0 Å². The van der Waals surface area contributed by atoms with Crippen molar-refractivity contribution < 1.29 is 37.0 Å². The quantitative estimate of drug-likeness (QED) is 0.440. The first-order valence-electron chi connectivity index (χ1n) is 9.19. The number of carboxylic acid groups (broad SMARTS) is 2. The zero-order chi connectivity index (χ0) is 24.6. The highest BCUT2D eigenvalue weighted by molar-refractivity contribution is 7.90. The number of carboxylic acids is 2. The molecule has 1 aromatic heterocycles. The smallest absolute Gasteiger partial charge is 0.328 e. The van der Waals surface area contributed by atoms with E-state index in [1.54, 1.807) is 37.4 Å². The molecule has 0 saturated carbocycles. The molecule has 0 spiro atoms. The first-order chi connectivity index (χ1) is 15.6. The molecule has 33 heavy (non-hydrogen) atoms. The van der Waals surface area contributed by atoms with Crippen LogP contribution in [-0.2, 0) is 26.2 Å². The summed E-state index contributed by atoms with van der Waals surface area (Å²) in [6.45, 7) is 0.308. The van der Waals surface area contributed by atoms with Gasteiger partial charge in [0.15, 0.2) is 10.7 Å². The first-order valence-corrected chi connectivity index (χ1v) is 10.6. The lowest BCUT2D eigenvalue weighted by Gasteiger charge is -2.10. The summed E-state index contributed by atoms with van der Waals surface area (Å²) in [5, 5.41) is 18.5. The Bertz CT molecular complexity index is 1240. The van der Waals surface area contributed by atoms with Crippen molar-refractivity contribution >= 4 is 22.0 Å². The van der Waals surface area contributed by atoms with E-state index >= 15 is 0 Å². The Morgan fingerprint density at radius 1 is 1.00 bits per heavy atom. The molecule has 9 nitrogen and oxygen atoms in total. The van der Waals surface area contributed by atoms with Gasteiger partial charge >= 0.3 is 11.9 Å². The number of benzene rings is 2. The van der Waals surface area contributed by atoms with E-state index < -0.39 is 38.5 Å². The molecule has 3 rings (SSSR count). The molecule has 3 aromatic rings. The van der Waals surface area contributed by atoms with Gasteiger partial charge < -0.3 is 15.5 Å². The fraction of sp³-hybridized carbons (Fsp3) is 0.0952. The maximum absolute atomic E-state index is 14.1. The third-order valence-electron chi connectivity index (χ3n) is 3.92. The van der Waals surface area contributed by atoms with Crippen LogP contribution in [0.2, 0.25) is 0 Å². The molecular weight excluding hydrogens is 460 g/mol. The fourth-order valence-corrected chi connectivity index (χ4v) is 4.07. The molecule has 0 amide bonds. The van der Waals surface area contributed by atoms with E-state index in [4.69, 9.17) is 10.2 Å². The van der Waals surface area contributed by atoms with Crippen LogP contribution in [0.25, 0.3) is 11.4 Å². The van der Waals surface area contributed by atoms with Crippen LogP contribution in [-0.4, -0.2) is 46.6 Å². The van der Waals surface area contributed by atoms with E-state index in [2.05, 4.69) is 10.3 Å². The van der Waals surface area contributed by atoms with Crippen molar-refractivity contribution in [3.05, 3.63) is 84.2 Å². The lowest BCUT2D eigenvalue weighted by atomic mass is 10.2. The summed E-state index contributed by atoms with van der Waals surface area (Å²) in [5.74, 6) is -4.72. The van der Waals surface area contributed by atoms with Gasteiger partial charge in [-0.15, -0.1) is 0 Å². The number of halogens is 2. The van der Waals surface area contributed by atoms with Gasteiger partial charge in [0.2, 0.25) is 0 Å². The standard InChI is InChI=1S/C17H15F2N3O2S.C4H4O4/c1-20-10-13-11-22(17(21-13)12-6-3-2-4-7-12)25(23,24)16-14(18)8-5-9-15(16)19;5-3(6)1-2-4(7)8/h2-9,11,20H,10H2,1H3;1-2H,(H,5,6)(H,7,8). The van der Waals surface area contributed by atoms with Gasteiger partial charge in [-0.1, -0.05) is 36.4 Å². The summed E-state index contributed by atoms with van der Waals surface area (Å²) in [7, 11) is -2.81. The van der Waals surface area contributed by atoms with Crippen LogP contribution in [0.4, 0.5) is 8.78 Å². The van der Waals surface area contributed by atoms with Crippen molar-refractivity contribution in [2.24, 2.45) is 0 Å². The molecule has 0 aliphatic heterocycles. The largest absolute Gasteiger partial charge is 0.478 e. The minimum atomic E-state index is -4.50. The summed E-state index contributed by atoms with van der Waals surface area (Å²) in [6, 6.07) is 11.5. The zero-order valence-electron chi connectivity index (χ0n) is 17.1. The maximum atomic E-state index is 14.1. The Hall–Kier alpha value is -3.90. The van der Waals surface area contributed by atoms with Gasteiger partial charge in [0.1, 0.15) is 11.6 Å². The number of hydrogen-bond acceptors (Lipinski definition) is 6. The van der Waals surface area contributed by atoms with Crippen molar-refractivity contribution in [1.82, 2.24) is 14.3 Å². The van der Waals surface area contributed by atoms with Crippen LogP contribution in [0.1, 0.15) is 5.69 Å². The molecule has 0 radical (unpaired) electrons. The minimum absolute atomic E-state index is 0.0912. The van der Waals surface area contributed by atoms with Gasteiger partial charge in [-0.25, -0.2) is 35.7 Å². The van der Waals surface area contributed by atoms with Crippen LogP contribution < -0.4 is 5.32 Å². The van der Waals surface area contributed by atoms with E-state index in [0.29, 0.717) is 30.0 Å². The third kappa shape index (κ3) is 6.54. The monoisotopic (exact) mass is 479 g/mol. The Labute approximate surface area is 187 Å². The number of carbonyl (C=O) groups is 2. The van der Waals surface area contributed by atoms with Crippen LogP contribution >= 0.6 is 0 Å². The normalized spacial score (nSPS) is 11.1. The van der Waals surface area contributed by atoms with E-state index in [1.165, 1.54) is 6.20 Å². The highest BCUT2D eigenvalue weighted by Gasteiger charge is 2.29. The average molecular weight is 479 g/mol. The Balaban J connectivity index is 0.000000414. The molecule has 2 aromatic carbocycles. The molecule has 0 bridgehead atoms. The Morgan fingerprint density at radius 3 is 2.03 bits per heavy atom. The number of hydrogen-bond donors (Lipinski definition) is 3. The van der Waals surface area contributed by atoms with E-state index in [0.717, 1.165) is 22.2 Å². The number of nitrogens with one attached hydrogen (secondary N) is 1. The summed E-state index contributed by atoms with van der Waals surface area (Å²) in [6.07, 6.45) is 2.38. The summed E-state index contributed by atoms with van der Waals surface area (Å²) >= 11 is 0. The van der Waals surface area contributed by atoms with Crippen LogP contribution in [0.3, 0.4) is 0 Å². The van der Waals surface area contributed by atoms with Gasteiger partial charge in [0.05, 0.1) is 5.69 Å². The van der Waals surface area contributed by atoms with Gasteiger partial charge in [-0.2, -0.15) is 0 Å². The highest BCUT2D eigenvalue weighted by atomic mass is 32.2. The van der Waals surface area contributed by atoms with Gasteiger partial charge in [0, 0.05) is 30.5 Å². The molecule has 3 N–H and O–H groups in total. The molecular formula is C21H19F2N3O6S. The summed E-state index contributed by atoms with van der Waals surface area (Å²) in [4.78, 5) is 22.4. The number of rotatable bonds is 7. The second-order valence-electron chi connectivity index (χ2n) is 6.31. The van der Waals surface area contributed by atoms with Crippen LogP contribution in [0.5, 0.6) is 0 Å². The second kappa shape index (κ2) is 11.1. The van der Waals surface area contributed by atoms with Gasteiger partial charge in [-0.05, 0) is 19.2 Å². The predicted molar refractivity (Wildman–Crippen MR) is 114 cm³/mol. The topological polar surface area (TPSA) is 139 Å². The SMILES string of the molecule is CNCc1cn(S(=O)(=O)c2c(F)cccc2F)c(-c2ccccc2)n1.O=C(O)C=CC(=O)O. The predicted octanol–water partition coefficient (Wildman–Crippen LogP) is 2.50. The Kier molecular flexibility index (Phi) is 8.54. The highest BCUT2D eigenvalue weighted by Crippen LogP contribution is 2.27. The minimum Gasteiger partial charge on any atom is -0.478 e. The Morgan fingerprint density at radius 2 is 1.55 bits per heavy atom. The van der Waals surface area contributed by atoms with E-state index in [9.17, 15) is 26.8 Å². The lowest BCUT2D eigenvalue weighted by molar-refractivity contribution is -0.134. The zero-order valence-corrected chi connectivity index (χ0v) is 18.0. The number of imidazole rings is 1. The molecule has 1 heterocycles. The average Bonchev–Trinajstić information content (AvgIpc) is 3.18. The van der Waals surface area contributed by atoms with Gasteiger partial charge in [0.25, 0.3) is 10.0 Å². The summed E-state index contributed by atoms with van der Waals surface area (Å²) < 4.78 is 54.7. The van der Waals surface area contributed by atoms with Crippen molar-refractivity contribution in [1.29, 1.82) is 0 Å². The van der Waals surface area contributed by atoms with Crippen molar-refractivity contribution in [2.75, 3.05) is 7.05 Å². The number of nitrogens with zero attached hydrogens (tertiary/aromatic N) is 2. The van der Waals surface area contributed by atoms with E-state index in [1.807, 2.05) is 0 Å². The number of aliphatic carboxylic acids is 2. The fourth-order valence-electron chi connectivity index (χ4n) is 2.61. The number of aromatic nitrogens is 2. The van der Waals surface area contributed by atoms with Crippen LogP contribution in [0.15, 0.2) is 71.8 Å². The molecule has 12 heteroatoms. The second-order valence-corrected chi connectivity index (χ2v) is 8.07. The van der Waals surface area contributed by atoms with Crippen molar-refractivity contribution in [2.45, 2.75) is 11.4 Å². The molecule has 174 valence electrons. The summed E-state index contributed by atoms with van der Waals surface area (Å²) in [5.41, 5.74) is 0.951. The first kappa shape index (κ1) is 25.4. The molecule has 0 atom stereocenters. The van der Waals surface area contributed by atoms with Crippen molar-refractivity contribution in [3.8, 4) is 11.4 Å². The molecule has 0 unspecified atom stereocenters. The van der Waals surface area contributed by atoms with Crippen LogP contribution in [0, 0.1) is 11.6 Å². The maximum Gasteiger partial charge on any atom is 0.328 e. The molecule has 0 aliphatic rings. The molecule has 0 saturated heterocycles. The lowest BCUT2D eigenvalue weighted by Crippen LogP contribution is -2.17. The molecule has 0 aliphatic carbocycles. The third-order valence-corrected chi connectivity index (χ3v) is 5.62. The van der Waals surface area contributed by atoms with Gasteiger partial charge in [-0.3, -0.25) is 0 Å². The van der Waals surface area contributed by atoms with E-state index in [-0.39, 0.29) is 5.82 Å². The molecule has 0 fully saturated rings.